The molecule has 27 heavy (non-hydrogen) atoms. The highest BCUT2D eigenvalue weighted by molar-refractivity contribution is 6.02. The zero-order valence-electron chi connectivity index (χ0n) is 14.8. The number of hydrogen-bond acceptors (Lipinski definition) is 5. The zero-order chi connectivity index (χ0) is 18.8. The molecule has 3 heterocycles. The van der Waals surface area contributed by atoms with Gasteiger partial charge in [0.05, 0.1) is 18.8 Å². The summed E-state index contributed by atoms with van der Waals surface area (Å²) in [5.74, 6) is -0.305. The number of para-hydroxylation sites is 1. The van der Waals surface area contributed by atoms with Crippen molar-refractivity contribution in [2.24, 2.45) is 0 Å². The summed E-state index contributed by atoms with van der Waals surface area (Å²) in [6.45, 7) is 3.28. The number of benzene rings is 1. The molecule has 1 aromatic carbocycles. The minimum Gasteiger partial charge on any atom is -0.333 e. The maximum Gasteiger partial charge on any atom is 0.276 e. The van der Waals surface area contributed by atoms with Gasteiger partial charge in [-0.1, -0.05) is 18.2 Å². The Morgan fingerprint density at radius 1 is 1.19 bits per heavy atom. The van der Waals surface area contributed by atoms with Crippen molar-refractivity contribution in [2.75, 3.05) is 11.9 Å². The molecule has 138 valence electrons. The van der Waals surface area contributed by atoms with E-state index in [1.165, 1.54) is 17.3 Å². The van der Waals surface area contributed by atoms with Crippen molar-refractivity contribution < 1.29 is 9.59 Å². The van der Waals surface area contributed by atoms with Crippen LogP contribution in [0, 0.1) is 0 Å². The monoisotopic (exact) mass is 365 g/mol. The summed E-state index contributed by atoms with van der Waals surface area (Å²) in [5, 5.41) is 11.2. The molecular weight excluding hydrogens is 346 g/mol. The first kappa shape index (κ1) is 17.0. The van der Waals surface area contributed by atoms with E-state index < -0.39 is 6.04 Å². The lowest BCUT2D eigenvalue weighted by Crippen LogP contribution is -2.41. The summed E-state index contributed by atoms with van der Waals surface area (Å²) in [5.41, 5.74) is 1.89. The topological polar surface area (TPSA) is 97.9 Å². The summed E-state index contributed by atoms with van der Waals surface area (Å²) in [4.78, 5) is 30.8. The van der Waals surface area contributed by atoms with E-state index in [0.717, 1.165) is 5.69 Å². The molecular formula is C18H19N7O2. The second kappa shape index (κ2) is 7.02. The first-order chi connectivity index (χ1) is 13.1. The van der Waals surface area contributed by atoms with Gasteiger partial charge in [0.15, 0.2) is 5.69 Å². The molecule has 0 spiro atoms. The van der Waals surface area contributed by atoms with Crippen molar-refractivity contribution in [2.45, 2.75) is 26.1 Å². The number of carbonyl (C=O) groups excluding carboxylic acids is 2. The van der Waals surface area contributed by atoms with Gasteiger partial charge in [-0.2, -0.15) is 10.2 Å². The number of rotatable bonds is 4. The fourth-order valence-electron chi connectivity index (χ4n) is 3.08. The van der Waals surface area contributed by atoms with Crippen molar-refractivity contribution in [3.05, 3.63) is 60.4 Å². The molecule has 1 N–H and O–H groups in total. The second-order valence-corrected chi connectivity index (χ2v) is 6.38. The fraction of sp³-hybridized carbons (Fsp3) is 0.278. The van der Waals surface area contributed by atoms with E-state index in [0.29, 0.717) is 31.0 Å². The summed E-state index contributed by atoms with van der Waals surface area (Å²) >= 11 is 0. The first-order valence-corrected chi connectivity index (χ1v) is 8.68. The van der Waals surface area contributed by atoms with Gasteiger partial charge in [0, 0.05) is 12.2 Å². The summed E-state index contributed by atoms with van der Waals surface area (Å²) in [7, 11) is 0. The molecule has 0 aliphatic carbocycles. The Labute approximate surface area is 155 Å². The molecule has 1 atom stereocenters. The number of aromatic nitrogens is 5. The standard InChI is InChI=1S/C18H19N7O2/c1-13(25-12-19-11-20-25)18(27)23-7-8-24-15(10-23)9-16(22-24)17(26)21-14-5-3-2-4-6-14/h2-6,9,11-13H,7-8,10H2,1H3,(H,21,26)/t13-/m0/s1. The predicted octanol–water partition coefficient (Wildman–Crippen LogP) is 1.33. The Balaban J connectivity index is 1.46. The molecule has 0 saturated heterocycles. The van der Waals surface area contributed by atoms with Crippen molar-refractivity contribution in [1.29, 1.82) is 0 Å². The van der Waals surface area contributed by atoms with Gasteiger partial charge in [-0.15, -0.1) is 0 Å². The minimum atomic E-state index is -0.428. The lowest BCUT2D eigenvalue weighted by atomic mass is 10.2. The highest BCUT2D eigenvalue weighted by atomic mass is 16.2. The molecule has 1 aliphatic rings. The molecule has 4 rings (SSSR count). The van der Waals surface area contributed by atoms with Gasteiger partial charge in [0.1, 0.15) is 18.7 Å². The summed E-state index contributed by atoms with van der Waals surface area (Å²) in [6, 6.07) is 10.5. The molecule has 0 bridgehead atoms. The van der Waals surface area contributed by atoms with Crippen LogP contribution in [-0.4, -0.2) is 47.8 Å². The number of anilines is 1. The summed E-state index contributed by atoms with van der Waals surface area (Å²) in [6.07, 6.45) is 2.94. The average Bonchev–Trinajstić information content (AvgIpc) is 3.36. The van der Waals surface area contributed by atoms with Gasteiger partial charge >= 0.3 is 0 Å². The van der Waals surface area contributed by atoms with Crippen LogP contribution in [0.3, 0.4) is 0 Å². The van der Waals surface area contributed by atoms with Crippen LogP contribution < -0.4 is 5.32 Å². The van der Waals surface area contributed by atoms with Crippen LogP contribution in [0.4, 0.5) is 5.69 Å². The fourth-order valence-corrected chi connectivity index (χ4v) is 3.08. The molecule has 9 heteroatoms. The average molecular weight is 365 g/mol. The highest BCUT2D eigenvalue weighted by Crippen LogP contribution is 2.18. The van der Waals surface area contributed by atoms with E-state index in [2.05, 4.69) is 20.5 Å². The van der Waals surface area contributed by atoms with Crippen LogP contribution in [0.15, 0.2) is 49.1 Å². The van der Waals surface area contributed by atoms with E-state index >= 15 is 0 Å². The predicted molar refractivity (Wildman–Crippen MR) is 96.8 cm³/mol. The quantitative estimate of drug-likeness (QED) is 0.752. The van der Waals surface area contributed by atoms with Crippen LogP contribution in [0.5, 0.6) is 0 Å². The number of nitrogens with zero attached hydrogens (tertiary/aromatic N) is 6. The molecule has 0 fully saturated rings. The van der Waals surface area contributed by atoms with E-state index in [1.807, 2.05) is 30.3 Å². The molecule has 0 radical (unpaired) electrons. The maximum absolute atomic E-state index is 12.7. The van der Waals surface area contributed by atoms with Gasteiger partial charge in [-0.3, -0.25) is 14.3 Å². The third kappa shape index (κ3) is 3.43. The number of carbonyl (C=O) groups is 2. The van der Waals surface area contributed by atoms with Crippen molar-refractivity contribution >= 4 is 17.5 Å². The Bertz CT molecular complexity index is 950. The number of amides is 2. The zero-order valence-corrected chi connectivity index (χ0v) is 14.8. The molecule has 1 aliphatic heterocycles. The minimum absolute atomic E-state index is 0.0387. The highest BCUT2D eigenvalue weighted by Gasteiger charge is 2.27. The van der Waals surface area contributed by atoms with E-state index in [1.54, 1.807) is 22.6 Å². The smallest absolute Gasteiger partial charge is 0.276 e. The number of fused-ring (bicyclic) bond motifs is 1. The number of hydrogen-bond donors (Lipinski definition) is 1. The van der Waals surface area contributed by atoms with Crippen molar-refractivity contribution in [1.82, 2.24) is 29.4 Å². The first-order valence-electron chi connectivity index (χ1n) is 8.68. The van der Waals surface area contributed by atoms with E-state index in [4.69, 9.17) is 0 Å². The molecule has 0 unspecified atom stereocenters. The van der Waals surface area contributed by atoms with Crippen molar-refractivity contribution in [3.8, 4) is 0 Å². The Morgan fingerprint density at radius 3 is 2.74 bits per heavy atom. The SMILES string of the molecule is C[C@@H](C(=O)N1CCn2nc(C(=O)Nc3ccccc3)cc2C1)n1cncn1. The normalized spacial score (nSPS) is 14.5. The lowest BCUT2D eigenvalue weighted by Gasteiger charge is -2.29. The lowest BCUT2D eigenvalue weighted by molar-refractivity contribution is -0.136. The molecule has 9 nitrogen and oxygen atoms in total. The molecule has 0 saturated carbocycles. The van der Waals surface area contributed by atoms with Gasteiger partial charge in [-0.25, -0.2) is 9.67 Å². The number of nitrogens with one attached hydrogen (secondary N) is 1. The van der Waals surface area contributed by atoms with E-state index in [9.17, 15) is 9.59 Å². The third-order valence-corrected chi connectivity index (χ3v) is 4.56. The van der Waals surface area contributed by atoms with Crippen LogP contribution in [0.1, 0.15) is 29.1 Å². The van der Waals surface area contributed by atoms with Crippen molar-refractivity contribution in [3.63, 3.8) is 0 Å². The molecule has 2 amide bonds. The van der Waals surface area contributed by atoms with Crippen LogP contribution in [0.25, 0.3) is 0 Å². The Kier molecular flexibility index (Phi) is 4.41. The molecule has 2 aromatic heterocycles. The second-order valence-electron chi connectivity index (χ2n) is 6.38. The summed E-state index contributed by atoms with van der Waals surface area (Å²) < 4.78 is 3.32. The Hall–Kier alpha value is -3.49. The largest absolute Gasteiger partial charge is 0.333 e. The van der Waals surface area contributed by atoms with Gasteiger partial charge in [-0.05, 0) is 25.1 Å². The maximum atomic E-state index is 12.7. The van der Waals surface area contributed by atoms with Crippen LogP contribution in [-0.2, 0) is 17.9 Å². The third-order valence-electron chi connectivity index (χ3n) is 4.56. The van der Waals surface area contributed by atoms with E-state index in [-0.39, 0.29) is 11.8 Å². The van der Waals surface area contributed by atoms with Gasteiger partial charge < -0.3 is 10.2 Å². The Morgan fingerprint density at radius 2 is 2.00 bits per heavy atom. The van der Waals surface area contributed by atoms with Crippen LogP contribution >= 0.6 is 0 Å². The van der Waals surface area contributed by atoms with Gasteiger partial charge in [0.25, 0.3) is 5.91 Å². The van der Waals surface area contributed by atoms with Crippen LogP contribution in [0.2, 0.25) is 0 Å². The molecule has 3 aromatic rings. The van der Waals surface area contributed by atoms with Gasteiger partial charge in [0.2, 0.25) is 5.91 Å².